The fourth-order valence-electron chi connectivity index (χ4n) is 0.211. The molecule has 12 heavy (non-hydrogen) atoms. The average Bonchev–Trinajstić information content (AvgIpc) is 1.86. The minimum atomic E-state index is -4.30. The van der Waals surface area contributed by atoms with Gasteiger partial charge in [-0.3, -0.25) is 9.11 Å². The summed E-state index contributed by atoms with van der Waals surface area (Å²) in [6, 6.07) is 0. The Balaban J connectivity index is 0. The molecular weight excluding hydrogens is 248 g/mol. The van der Waals surface area contributed by atoms with E-state index in [1.807, 2.05) is 0 Å². The van der Waals surface area contributed by atoms with E-state index in [-0.39, 0.29) is 0 Å². The lowest BCUT2D eigenvalue weighted by Crippen LogP contribution is -2.15. The van der Waals surface area contributed by atoms with Crippen molar-refractivity contribution in [2.75, 3.05) is 11.5 Å². The predicted molar refractivity (Wildman–Crippen MR) is 50.8 cm³/mol. The zero-order chi connectivity index (χ0) is 10.4. The number of rotatable bonds is 3. The third kappa shape index (κ3) is 16.9. The zero-order valence-electron chi connectivity index (χ0n) is 5.65. The molecule has 6 nitrogen and oxygen atoms in total. The van der Waals surface area contributed by atoms with E-state index >= 15 is 0 Å². The van der Waals surface area contributed by atoms with Gasteiger partial charge in [-0.2, -0.15) is 16.8 Å². The summed E-state index contributed by atoms with van der Waals surface area (Å²) < 4.78 is 55.4. The Bertz CT molecular complexity index is 254. The van der Waals surface area contributed by atoms with Gasteiger partial charge in [0.2, 0.25) is 0 Å². The summed E-state index contributed by atoms with van der Waals surface area (Å²) in [5.74, 6) is -1.96. The maximum Gasteiger partial charge on any atom is 0.265 e. The summed E-state index contributed by atoms with van der Waals surface area (Å²) in [5.41, 5.74) is 0. The van der Waals surface area contributed by atoms with Crippen LogP contribution in [0.2, 0.25) is 0 Å². The average molecular weight is 256 g/mol. The Kier molecular flexibility index (Phi) is 7.57. The number of hydrogen-bond acceptors (Lipinski definition) is 6. The Hall–Kier alpha value is 0.520. The minimum Gasteiger partial charge on any atom is -0.286 e. The molecule has 0 aromatic carbocycles. The van der Waals surface area contributed by atoms with Crippen LogP contribution in [0.25, 0.3) is 0 Å². The first-order valence-corrected chi connectivity index (χ1v) is 7.13. The topological polar surface area (TPSA) is 109 Å². The van der Waals surface area contributed by atoms with Crippen LogP contribution in [-0.2, 0) is 20.2 Å². The molecule has 0 aromatic rings. The lowest BCUT2D eigenvalue weighted by Gasteiger charge is -1.92. The lowest BCUT2D eigenvalue weighted by molar-refractivity contribution is 0.472. The second kappa shape index (κ2) is 6.05. The van der Waals surface area contributed by atoms with Gasteiger partial charge in [-0.25, -0.2) is 0 Å². The molecule has 0 radical (unpaired) electrons. The molecule has 0 aliphatic carbocycles. The van der Waals surface area contributed by atoms with E-state index in [1.54, 1.807) is 0 Å². The van der Waals surface area contributed by atoms with Crippen LogP contribution in [-0.4, -0.2) is 37.4 Å². The third-order valence-corrected chi connectivity index (χ3v) is 2.30. The first-order chi connectivity index (χ1) is 5.21. The van der Waals surface area contributed by atoms with Crippen molar-refractivity contribution in [3.05, 3.63) is 0 Å². The highest BCUT2D eigenvalue weighted by Crippen LogP contribution is 1.86. The van der Waals surface area contributed by atoms with Crippen molar-refractivity contribution in [1.82, 2.24) is 0 Å². The van der Waals surface area contributed by atoms with Gasteiger partial charge in [0.05, 0.1) is 11.5 Å². The van der Waals surface area contributed by atoms with Gasteiger partial charge < -0.3 is 0 Å². The van der Waals surface area contributed by atoms with E-state index in [1.165, 1.54) is 0 Å². The molecule has 0 heterocycles. The van der Waals surface area contributed by atoms with Crippen molar-refractivity contribution in [2.24, 2.45) is 0 Å². The molecule has 0 aliphatic rings. The molecule has 0 fully saturated rings. The molecule has 0 spiro atoms. The van der Waals surface area contributed by atoms with E-state index in [4.69, 9.17) is 9.11 Å². The van der Waals surface area contributed by atoms with Crippen molar-refractivity contribution in [3.8, 4) is 0 Å². The van der Waals surface area contributed by atoms with Gasteiger partial charge in [0.1, 0.15) is 0 Å². The monoisotopic (exact) mass is 256 g/mol. The maximum absolute atomic E-state index is 9.86. The predicted octanol–water partition coefficient (Wildman–Crippen LogP) is -0.477. The van der Waals surface area contributed by atoms with Gasteiger partial charge in [0.25, 0.3) is 20.2 Å². The van der Waals surface area contributed by atoms with Gasteiger partial charge in [-0.1, -0.05) is 0 Å². The Morgan fingerprint density at radius 1 is 0.833 bits per heavy atom. The normalized spacial score (nSPS) is 11.7. The van der Waals surface area contributed by atoms with Crippen LogP contribution < -0.4 is 0 Å². The highest BCUT2D eigenvalue weighted by Gasteiger charge is 2.11. The standard InChI is InChI=1S/C2H6O6S2.H2S2/c3-9(4,5)1-2-10(6,7)8;1-2/h1-2H2,(H,3,4,5)(H,6,7,8);1-2H. The van der Waals surface area contributed by atoms with Crippen LogP contribution in [0.1, 0.15) is 0 Å². The molecule has 0 atom stereocenters. The molecule has 10 heteroatoms. The second-order valence-corrected chi connectivity index (χ2v) is 4.72. The number of thiol groups is 2. The first-order valence-electron chi connectivity index (χ1n) is 2.31. The van der Waals surface area contributed by atoms with Crippen LogP contribution in [0, 0.1) is 0 Å². The van der Waals surface area contributed by atoms with Gasteiger partial charge in [-0.05, 0) is 0 Å². The lowest BCUT2D eigenvalue weighted by atomic mass is 11.0. The molecule has 76 valence electrons. The largest absolute Gasteiger partial charge is 0.286 e. The van der Waals surface area contributed by atoms with E-state index in [9.17, 15) is 16.8 Å². The molecule has 0 aliphatic heterocycles. The Morgan fingerprint density at radius 2 is 1.00 bits per heavy atom. The highest BCUT2D eigenvalue weighted by molar-refractivity contribution is 8.59. The molecule has 0 saturated heterocycles. The van der Waals surface area contributed by atoms with E-state index in [0.717, 1.165) is 0 Å². The molecule has 2 N–H and O–H groups in total. The van der Waals surface area contributed by atoms with Crippen LogP contribution in [0.4, 0.5) is 0 Å². The molecule has 0 saturated carbocycles. The van der Waals surface area contributed by atoms with E-state index < -0.39 is 31.7 Å². The SMILES string of the molecule is O=S(=O)(O)CCS(=O)(=O)O.SS. The van der Waals surface area contributed by atoms with E-state index in [0.29, 0.717) is 0 Å². The molecule has 0 amide bonds. The van der Waals surface area contributed by atoms with Crippen molar-refractivity contribution in [3.63, 3.8) is 0 Å². The van der Waals surface area contributed by atoms with E-state index in [2.05, 4.69) is 23.3 Å². The smallest absolute Gasteiger partial charge is 0.265 e. The van der Waals surface area contributed by atoms with Crippen molar-refractivity contribution < 1.29 is 25.9 Å². The van der Waals surface area contributed by atoms with Crippen molar-refractivity contribution in [1.29, 1.82) is 0 Å². The van der Waals surface area contributed by atoms with Gasteiger partial charge in [0, 0.05) is 0 Å². The fraction of sp³-hybridized carbons (Fsp3) is 1.00. The van der Waals surface area contributed by atoms with Crippen LogP contribution >= 0.6 is 23.3 Å². The summed E-state index contributed by atoms with van der Waals surface area (Å²) in [6.07, 6.45) is 0. The summed E-state index contributed by atoms with van der Waals surface area (Å²) in [6.45, 7) is 0. The second-order valence-electron chi connectivity index (χ2n) is 1.57. The van der Waals surface area contributed by atoms with Gasteiger partial charge >= 0.3 is 0 Å². The van der Waals surface area contributed by atoms with Crippen molar-refractivity contribution >= 4 is 43.6 Å². The molecular formula is C2H8O6S4. The Labute approximate surface area is 81.1 Å². The van der Waals surface area contributed by atoms with Crippen LogP contribution in [0.15, 0.2) is 0 Å². The maximum atomic E-state index is 9.86. The van der Waals surface area contributed by atoms with Crippen LogP contribution in [0.3, 0.4) is 0 Å². The van der Waals surface area contributed by atoms with Crippen LogP contribution in [0.5, 0.6) is 0 Å². The quantitative estimate of drug-likeness (QED) is 0.309. The molecule has 0 rings (SSSR count). The number of hydrogen-bond donors (Lipinski definition) is 4. The molecule has 0 bridgehead atoms. The molecule has 0 unspecified atom stereocenters. The van der Waals surface area contributed by atoms with Crippen molar-refractivity contribution in [2.45, 2.75) is 0 Å². The first kappa shape index (κ1) is 15.0. The van der Waals surface area contributed by atoms with Gasteiger partial charge in [-0.15, -0.1) is 23.3 Å². The highest BCUT2D eigenvalue weighted by atomic mass is 33.1. The Morgan fingerprint density at radius 3 is 1.08 bits per heavy atom. The van der Waals surface area contributed by atoms with Gasteiger partial charge in [0.15, 0.2) is 0 Å². The third-order valence-electron chi connectivity index (χ3n) is 0.599. The summed E-state index contributed by atoms with van der Waals surface area (Å²) in [4.78, 5) is 0. The minimum absolute atomic E-state index is 0.980. The molecule has 0 aromatic heterocycles. The summed E-state index contributed by atoms with van der Waals surface area (Å²) in [5, 5.41) is 0. The summed E-state index contributed by atoms with van der Waals surface area (Å²) in [7, 11) is -8.59. The summed E-state index contributed by atoms with van der Waals surface area (Å²) >= 11 is 6.44. The fourth-order valence-corrected chi connectivity index (χ4v) is 1.90. The zero-order valence-corrected chi connectivity index (χ0v) is 9.07.